The van der Waals surface area contributed by atoms with Crippen LogP contribution in [-0.2, 0) is 4.79 Å². The van der Waals surface area contributed by atoms with Crippen molar-refractivity contribution in [3.8, 4) is 5.75 Å². The number of ketones is 1. The molecule has 100 valence electrons. The molecule has 0 atom stereocenters. The largest absolute Gasteiger partial charge is 0.497 e. The molecule has 0 aromatic heterocycles. The maximum Gasteiger partial charge on any atom is 0.281 e. The highest BCUT2D eigenvalue weighted by Gasteiger charge is 2.23. The molecule has 0 radical (unpaired) electrons. The van der Waals surface area contributed by atoms with Crippen molar-refractivity contribution < 1.29 is 14.5 Å². The Balaban J connectivity index is 2.51. The molecule has 1 aliphatic carbocycles. The third kappa shape index (κ3) is 2.81. The number of rotatable bonds is 3. The van der Waals surface area contributed by atoms with E-state index in [9.17, 15) is 14.9 Å². The van der Waals surface area contributed by atoms with E-state index in [0.717, 1.165) is 19.3 Å². The van der Waals surface area contributed by atoms with Gasteiger partial charge in [-0.25, -0.2) is 0 Å². The highest BCUT2D eigenvalue weighted by atomic mass is 16.6. The second-order valence-corrected chi connectivity index (χ2v) is 4.43. The lowest BCUT2D eigenvalue weighted by Gasteiger charge is -2.07. The maximum absolute atomic E-state index is 12.0. The highest BCUT2D eigenvalue weighted by Crippen LogP contribution is 2.32. The van der Waals surface area contributed by atoms with Gasteiger partial charge in [-0.15, -0.1) is 0 Å². The average Bonchev–Trinajstić information content (AvgIpc) is 2.62. The number of ether oxygens (including phenoxy) is 1. The van der Waals surface area contributed by atoms with Crippen molar-refractivity contribution in [1.82, 2.24) is 0 Å². The Morgan fingerprint density at radius 3 is 2.79 bits per heavy atom. The molecule has 19 heavy (non-hydrogen) atoms. The minimum absolute atomic E-state index is 0.0224. The van der Waals surface area contributed by atoms with E-state index in [4.69, 9.17) is 4.74 Å². The Morgan fingerprint density at radius 1 is 1.32 bits per heavy atom. The molecule has 0 amide bonds. The smallest absolute Gasteiger partial charge is 0.281 e. The van der Waals surface area contributed by atoms with Gasteiger partial charge >= 0.3 is 0 Å². The SMILES string of the molecule is COc1ccc(C2=CCCCCC2=O)c([N+](=O)[O-])c1. The summed E-state index contributed by atoms with van der Waals surface area (Å²) in [6.45, 7) is 0. The summed E-state index contributed by atoms with van der Waals surface area (Å²) in [5.41, 5.74) is 0.769. The molecule has 5 nitrogen and oxygen atoms in total. The Hall–Kier alpha value is -2.17. The summed E-state index contributed by atoms with van der Waals surface area (Å²) < 4.78 is 4.99. The Labute approximate surface area is 111 Å². The van der Waals surface area contributed by atoms with Crippen LogP contribution in [0.5, 0.6) is 5.75 Å². The summed E-state index contributed by atoms with van der Waals surface area (Å²) in [7, 11) is 1.45. The predicted octanol–water partition coefficient (Wildman–Crippen LogP) is 3.13. The quantitative estimate of drug-likeness (QED) is 0.619. The summed E-state index contributed by atoms with van der Waals surface area (Å²) in [6, 6.07) is 4.59. The van der Waals surface area contributed by atoms with Gasteiger partial charge in [-0.05, 0) is 31.4 Å². The molecule has 0 spiro atoms. The fourth-order valence-electron chi connectivity index (χ4n) is 2.20. The van der Waals surface area contributed by atoms with E-state index in [1.165, 1.54) is 13.2 Å². The van der Waals surface area contributed by atoms with Crippen LogP contribution in [0.25, 0.3) is 5.57 Å². The van der Waals surface area contributed by atoms with Gasteiger partial charge in [-0.1, -0.05) is 6.08 Å². The molecule has 0 saturated heterocycles. The fraction of sp³-hybridized carbons (Fsp3) is 0.357. The van der Waals surface area contributed by atoms with Crippen molar-refractivity contribution in [3.63, 3.8) is 0 Å². The van der Waals surface area contributed by atoms with Crippen molar-refractivity contribution in [2.24, 2.45) is 0 Å². The molecule has 0 heterocycles. The van der Waals surface area contributed by atoms with Crippen molar-refractivity contribution >= 4 is 17.0 Å². The van der Waals surface area contributed by atoms with Crippen LogP contribution in [0.15, 0.2) is 24.3 Å². The monoisotopic (exact) mass is 261 g/mol. The first kappa shape index (κ1) is 13.3. The lowest BCUT2D eigenvalue weighted by Crippen LogP contribution is -2.03. The first-order valence-electron chi connectivity index (χ1n) is 6.19. The predicted molar refractivity (Wildman–Crippen MR) is 71.1 cm³/mol. The summed E-state index contributed by atoms with van der Waals surface area (Å²) >= 11 is 0. The van der Waals surface area contributed by atoms with Crippen LogP contribution in [0.4, 0.5) is 5.69 Å². The number of Topliss-reactive ketones (excluding diaryl/α,β-unsaturated/α-hetero) is 1. The van der Waals surface area contributed by atoms with Gasteiger partial charge < -0.3 is 4.74 Å². The molecule has 0 aliphatic heterocycles. The van der Waals surface area contributed by atoms with Gasteiger partial charge in [0.05, 0.1) is 23.7 Å². The van der Waals surface area contributed by atoms with Gasteiger partial charge in [0, 0.05) is 12.0 Å². The normalized spacial score (nSPS) is 15.6. The van der Waals surface area contributed by atoms with E-state index in [0.29, 0.717) is 23.3 Å². The Kier molecular flexibility index (Phi) is 3.94. The number of nitrogens with zero attached hydrogens (tertiary/aromatic N) is 1. The molecule has 5 heteroatoms. The molecular weight excluding hydrogens is 246 g/mol. The van der Waals surface area contributed by atoms with Crippen LogP contribution in [0.2, 0.25) is 0 Å². The lowest BCUT2D eigenvalue weighted by atomic mass is 9.98. The molecule has 0 saturated carbocycles. The van der Waals surface area contributed by atoms with Crippen LogP contribution < -0.4 is 4.74 Å². The molecule has 1 aromatic rings. The summed E-state index contributed by atoms with van der Waals surface area (Å²) in [5, 5.41) is 11.1. The average molecular weight is 261 g/mol. The van der Waals surface area contributed by atoms with Crippen LogP contribution in [0, 0.1) is 10.1 Å². The topological polar surface area (TPSA) is 69.4 Å². The molecule has 1 aliphatic rings. The summed E-state index contributed by atoms with van der Waals surface area (Å²) in [6.07, 6.45) is 4.82. The van der Waals surface area contributed by atoms with Crippen LogP contribution >= 0.6 is 0 Å². The van der Waals surface area contributed by atoms with Gasteiger partial charge in [0.25, 0.3) is 5.69 Å². The molecule has 2 rings (SSSR count). The number of hydrogen-bond acceptors (Lipinski definition) is 4. The van der Waals surface area contributed by atoms with Gasteiger partial charge in [-0.3, -0.25) is 14.9 Å². The zero-order valence-corrected chi connectivity index (χ0v) is 10.7. The Morgan fingerprint density at radius 2 is 2.11 bits per heavy atom. The van der Waals surface area contributed by atoms with Crippen LogP contribution in [0.1, 0.15) is 31.2 Å². The van der Waals surface area contributed by atoms with Crippen LogP contribution in [-0.4, -0.2) is 17.8 Å². The summed E-state index contributed by atoms with van der Waals surface area (Å²) in [4.78, 5) is 22.7. The van der Waals surface area contributed by atoms with E-state index >= 15 is 0 Å². The number of allylic oxidation sites excluding steroid dienone is 2. The van der Waals surface area contributed by atoms with E-state index in [-0.39, 0.29) is 11.5 Å². The minimum Gasteiger partial charge on any atom is -0.497 e. The third-order valence-electron chi connectivity index (χ3n) is 3.20. The van der Waals surface area contributed by atoms with Crippen molar-refractivity contribution in [3.05, 3.63) is 40.0 Å². The first-order chi connectivity index (χ1) is 9.13. The minimum atomic E-state index is -0.475. The molecular formula is C14H15NO4. The molecule has 1 aromatic carbocycles. The summed E-state index contributed by atoms with van der Waals surface area (Å²) in [5.74, 6) is 0.392. The zero-order valence-electron chi connectivity index (χ0n) is 10.7. The van der Waals surface area contributed by atoms with E-state index < -0.39 is 4.92 Å². The van der Waals surface area contributed by atoms with Crippen molar-refractivity contribution in [1.29, 1.82) is 0 Å². The van der Waals surface area contributed by atoms with E-state index in [2.05, 4.69) is 0 Å². The third-order valence-corrected chi connectivity index (χ3v) is 3.20. The number of methoxy groups -OCH3 is 1. The molecule has 0 unspecified atom stereocenters. The molecule has 0 N–H and O–H groups in total. The van der Waals surface area contributed by atoms with Crippen molar-refractivity contribution in [2.45, 2.75) is 25.7 Å². The van der Waals surface area contributed by atoms with Crippen molar-refractivity contribution in [2.75, 3.05) is 7.11 Å². The standard InChI is InChI=1S/C14H15NO4/c1-19-10-7-8-11(13(9-10)15(17)18)12-5-3-2-4-6-14(12)16/h5,7-9H,2-4,6H2,1H3. The van der Waals surface area contributed by atoms with Gasteiger partial charge in [0.2, 0.25) is 0 Å². The first-order valence-corrected chi connectivity index (χ1v) is 6.19. The number of nitro groups is 1. The van der Waals surface area contributed by atoms with E-state index in [1.54, 1.807) is 12.1 Å². The second-order valence-electron chi connectivity index (χ2n) is 4.43. The van der Waals surface area contributed by atoms with Gasteiger partial charge in [0.1, 0.15) is 5.75 Å². The van der Waals surface area contributed by atoms with Gasteiger partial charge in [0.15, 0.2) is 5.78 Å². The number of benzene rings is 1. The molecule has 0 fully saturated rings. The number of carbonyl (C=O) groups excluding carboxylic acids is 1. The van der Waals surface area contributed by atoms with E-state index in [1.807, 2.05) is 6.08 Å². The van der Waals surface area contributed by atoms with Gasteiger partial charge in [-0.2, -0.15) is 0 Å². The zero-order chi connectivity index (χ0) is 13.8. The molecule has 0 bridgehead atoms. The second kappa shape index (κ2) is 5.65. The lowest BCUT2D eigenvalue weighted by molar-refractivity contribution is -0.385. The maximum atomic E-state index is 12.0. The number of hydrogen-bond donors (Lipinski definition) is 0. The highest BCUT2D eigenvalue weighted by molar-refractivity contribution is 6.21. The van der Waals surface area contributed by atoms with Crippen LogP contribution in [0.3, 0.4) is 0 Å². The fourth-order valence-corrected chi connectivity index (χ4v) is 2.20. The number of nitro benzene ring substituents is 1. The Bertz CT molecular complexity index is 548. The number of carbonyl (C=O) groups is 1.